The zero-order valence-electron chi connectivity index (χ0n) is 20.8. The monoisotopic (exact) mass is 725 g/mol. The van der Waals surface area contributed by atoms with Gasteiger partial charge in [0.05, 0.1) is 27.9 Å². The molecule has 2 aliphatic carbocycles. The third-order valence-corrected chi connectivity index (χ3v) is 11.0. The van der Waals surface area contributed by atoms with Crippen LogP contribution >= 0.6 is 55.1 Å². The molecular formula is C27H19Br2Cl2N3O7. The van der Waals surface area contributed by atoms with Gasteiger partial charge in [0.15, 0.2) is 9.75 Å². The second-order valence-electron chi connectivity index (χ2n) is 10.5. The average molecular weight is 728 g/mol. The molecule has 2 aliphatic heterocycles. The Bertz CT molecular complexity index is 1600. The summed E-state index contributed by atoms with van der Waals surface area (Å²) < 4.78 is 0.577. The number of likely N-dealkylation sites (tertiary alicyclic amines) is 1. The molecule has 1 saturated carbocycles. The Morgan fingerprint density at radius 3 is 2.34 bits per heavy atom. The van der Waals surface area contributed by atoms with E-state index in [1.165, 1.54) is 30.3 Å². The van der Waals surface area contributed by atoms with Gasteiger partial charge in [-0.25, -0.2) is 0 Å². The van der Waals surface area contributed by atoms with E-state index in [9.17, 15) is 34.4 Å². The molecular weight excluding hydrogens is 709 g/mol. The molecule has 2 aromatic rings. The van der Waals surface area contributed by atoms with Crippen LogP contribution in [0.2, 0.25) is 0 Å². The zero-order valence-corrected chi connectivity index (χ0v) is 25.5. The summed E-state index contributed by atoms with van der Waals surface area (Å²) in [6.45, 7) is 0. The number of amides is 4. The second-order valence-corrected chi connectivity index (χ2v) is 13.1. The van der Waals surface area contributed by atoms with Crippen LogP contribution in [0.25, 0.3) is 0 Å². The highest BCUT2D eigenvalue weighted by atomic mass is 79.9. The summed E-state index contributed by atoms with van der Waals surface area (Å²) in [6.07, 6.45) is 1.70. The largest absolute Gasteiger partial charge is 0.508 e. The number of carbonyl (C=O) groups excluding carboxylic acids is 4. The molecule has 41 heavy (non-hydrogen) atoms. The van der Waals surface area contributed by atoms with Crippen LogP contribution in [0.5, 0.6) is 5.75 Å². The Kier molecular flexibility index (Phi) is 6.64. The van der Waals surface area contributed by atoms with Crippen LogP contribution in [0.4, 0.5) is 11.4 Å². The smallest absolute Gasteiger partial charge is 0.269 e. The number of nitro benzene ring substituents is 1. The molecule has 14 heteroatoms. The van der Waals surface area contributed by atoms with Crippen LogP contribution in [-0.2, 0) is 19.2 Å². The van der Waals surface area contributed by atoms with Crippen molar-refractivity contribution in [2.75, 3.05) is 10.4 Å². The van der Waals surface area contributed by atoms with Crippen molar-refractivity contribution >= 4 is 90.1 Å². The third kappa shape index (κ3) is 3.73. The maximum Gasteiger partial charge on any atom is 0.269 e. The van der Waals surface area contributed by atoms with E-state index in [1.54, 1.807) is 18.2 Å². The minimum Gasteiger partial charge on any atom is -0.508 e. The summed E-state index contributed by atoms with van der Waals surface area (Å²) in [7, 11) is 0. The van der Waals surface area contributed by atoms with Crippen molar-refractivity contribution in [3.8, 4) is 5.75 Å². The van der Waals surface area contributed by atoms with Crippen molar-refractivity contribution < 1.29 is 29.2 Å². The van der Waals surface area contributed by atoms with Gasteiger partial charge < -0.3 is 5.11 Å². The van der Waals surface area contributed by atoms with Crippen molar-refractivity contribution in [2.24, 2.45) is 17.8 Å². The number of allylic oxidation sites excluding steroid dienone is 2. The number of halogens is 4. The number of fused-ring (bicyclic) bond motifs is 4. The molecule has 4 aliphatic rings. The molecule has 10 nitrogen and oxygen atoms in total. The first-order valence-electron chi connectivity index (χ1n) is 12.5. The number of benzene rings is 2. The predicted octanol–water partition coefficient (Wildman–Crippen LogP) is 4.98. The molecule has 4 amide bonds. The first kappa shape index (κ1) is 28.3. The molecule has 6 unspecified atom stereocenters. The number of aromatic hydroxyl groups is 1. The van der Waals surface area contributed by atoms with E-state index < -0.39 is 62.0 Å². The molecule has 3 fully saturated rings. The molecule has 2 saturated heterocycles. The minimum atomic E-state index is -2.03. The summed E-state index contributed by atoms with van der Waals surface area (Å²) in [5.74, 6) is -6.27. The molecule has 6 rings (SSSR count). The zero-order chi connectivity index (χ0) is 29.6. The first-order chi connectivity index (χ1) is 19.4. The lowest BCUT2D eigenvalue weighted by Gasteiger charge is -2.50. The Labute approximate surface area is 259 Å². The van der Waals surface area contributed by atoms with E-state index in [0.717, 1.165) is 9.80 Å². The van der Waals surface area contributed by atoms with Crippen molar-refractivity contribution in [2.45, 2.75) is 28.5 Å². The van der Waals surface area contributed by atoms with E-state index in [-0.39, 0.29) is 41.0 Å². The van der Waals surface area contributed by atoms with Crippen LogP contribution in [0, 0.1) is 27.9 Å². The predicted molar refractivity (Wildman–Crippen MR) is 155 cm³/mol. The Morgan fingerprint density at radius 1 is 1.02 bits per heavy atom. The lowest BCUT2D eigenvalue weighted by molar-refractivity contribution is -0.384. The summed E-state index contributed by atoms with van der Waals surface area (Å²) >= 11 is 20.9. The summed E-state index contributed by atoms with van der Waals surface area (Å²) in [5, 5.41) is 22.1. The fraction of sp³-hybridized carbons (Fsp3) is 0.333. The number of carbonyl (C=O) groups is 4. The van der Waals surface area contributed by atoms with Gasteiger partial charge in [0.2, 0.25) is 11.8 Å². The Morgan fingerprint density at radius 2 is 1.71 bits per heavy atom. The number of phenols is 1. The van der Waals surface area contributed by atoms with Gasteiger partial charge in [-0.05, 0) is 49.1 Å². The fourth-order valence-electron chi connectivity index (χ4n) is 6.83. The Hall–Kier alpha value is -2.80. The van der Waals surface area contributed by atoms with Gasteiger partial charge in [0.1, 0.15) is 5.75 Å². The standard InChI is InChI=1S/C27H19Br2Cl2N3O7/c28-11-32-24(38)26(30)10-18-15(21(27(26,31)25(32)39)17-9-12(29)1-8-19(17)35)6-7-16-20(18)23(37)33(22(16)36)13-2-4-14(5-3-13)34(40)41/h1-6,8-9,16,18,20-21,35H,7,10-11H2. The number of phenolic OH excluding ortho intramolecular Hbond substituents is 1. The second kappa shape index (κ2) is 9.62. The quantitative estimate of drug-likeness (QED) is 0.117. The van der Waals surface area contributed by atoms with E-state index in [4.69, 9.17) is 23.2 Å². The number of hydrogen-bond donors (Lipinski definition) is 1. The highest BCUT2D eigenvalue weighted by Gasteiger charge is 2.76. The highest BCUT2D eigenvalue weighted by molar-refractivity contribution is 9.10. The van der Waals surface area contributed by atoms with E-state index in [1.807, 2.05) is 0 Å². The average Bonchev–Trinajstić information content (AvgIpc) is 3.28. The summed E-state index contributed by atoms with van der Waals surface area (Å²) in [6, 6.07) is 9.72. The molecule has 0 radical (unpaired) electrons. The van der Waals surface area contributed by atoms with Crippen LogP contribution < -0.4 is 4.90 Å². The van der Waals surface area contributed by atoms with E-state index >= 15 is 0 Å². The molecule has 6 atom stereocenters. The van der Waals surface area contributed by atoms with Crippen molar-refractivity contribution in [1.82, 2.24) is 4.90 Å². The third-order valence-electron chi connectivity index (χ3n) is 8.63. The Balaban J connectivity index is 1.50. The number of alkyl halides is 3. The van der Waals surface area contributed by atoms with Gasteiger partial charge in [0, 0.05) is 28.1 Å². The number of anilines is 1. The lowest BCUT2D eigenvalue weighted by atomic mass is 9.56. The van der Waals surface area contributed by atoms with Crippen LogP contribution in [0.3, 0.4) is 0 Å². The fourth-order valence-corrected chi connectivity index (χ4v) is 8.63. The lowest BCUT2D eigenvalue weighted by Crippen LogP contribution is -2.60. The number of non-ortho nitro benzene ring substituents is 1. The molecule has 0 bridgehead atoms. The highest BCUT2D eigenvalue weighted by Crippen LogP contribution is 2.66. The van der Waals surface area contributed by atoms with Crippen LogP contribution in [0.1, 0.15) is 24.3 Å². The van der Waals surface area contributed by atoms with E-state index in [0.29, 0.717) is 10.0 Å². The number of imide groups is 2. The van der Waals surface area contributed by atoms with Gasteiger partial charge in [-0.2, -0.15) is 0 Å². The number of nitrogens with zero attached hydrogens (tertiary/aromatic N) is 3. The maximum atomic E-state index is 14.0. The molecule has 2 aromatic carbocycles. The molecule has 212 valence electrons. The number of nitro groups is 1. The van der Waals surface area contributed by atoms with E-state index in [2.05, 4.69) is 31.9 Å². The SMILES string of the molecule is O=C1C2CC=C3C(CC4(Cl)C(=O)N(CBr)C(=O)C4(Cl)C3c3cc(Br)ccc3O)C2C(=O)N1c1ccc([N+](=O)[O-])cc1. The molecule has 0 aromatic heterocycles. The number of hydrogen-bond acceptors (Lipinski definition) is 7. The topological polar surface area (TPSA) is 138 Å². The summed E-state index contributed by atoms with van der Waals surface area (Å²) in [4.78, 5) is 63.4. The van der Waals surface area contributed by atoms with Gasteiger partial charge >= 0.3 is 0 Å². The van der Waals surface area contributed by atoms with Crippen molar-refractivity contribution in [3.05, 3.63) is 74.3 Å². The van der Waals surface area contributed by atoms with Gasteiger partial charge in [-0.1, -0.05) is 43.5 Å². The summed E-state index contributed by atoms with van der Waals surface area (Å²) in [5.41, 5.74) is 0.613. The normalized spacial score (nSPS) is 32.5. The number of rotatable bonds is 4. The van der Waals surface area contributed by atoms with Gasteiger partial charge in [-0.3, -0.25) is 39.1 Å². The minimum absolute atomic E-state index is 0.141. The maximum absolute atomic E-state index is 14.0. The van der Waals surface area contributed by atoms with Crippen molar-refractivity contribution in [3.63, 3.8) is 0 Å². The van der Waals surface area contributed by atoms with Gasteiger partial charge in [0.25, 0.3) is 17.5 Å². The molecule has 1 N–H and O–H groups in total. The molecule has 0 spiro atoms. The van der Waals surface area contributed by atoms with Crippen LogP contribution in [-0.4, -0.2) is 53.8 Å². The van der Waals surface area contributed by atoms with Crippen molar-refractivity contribution in [1.29, 1.82) is 0 Å². The van der Waals surface area contributed by atoms with Gasteiger partial charge in [-0.15, -0.1) is 23.2 Å². The molecule has 2 heterocycles. The first-order valence-corrected chi connectivity index (χ1v) is 15.1. The van der Waals surface area contributed by atoms with Crippen LogP contribution in [0.15, 0.2) is 58.6 Å².